The van der Waals surface area contributed by atoms with Crippen LogP contribution in [0.2, 0.25) is 0 Å². The second-order valence-electron chi connectivity index (χ2n) is 4.24. The van der Waals surface area contributed by atoms with Crippen LogP contribution in [0.1, 0.15) is 53.8 Å². The van der Waals surface area contributed by atoms with E-state index in [4.69, 9.17) is 4.55 Å². The largest absolute Gasteiger partial charge is 1.00 e. The van der Waals surface area contributed by atoms with Gasteiger partial charge in [0.05, 0.1) is 5.75 Å². The van der Waals surface area contributed by atoms with E-state index in [0.717, 1.165) is 18.8 Å². The van der Waals surface area contributed by atoms with Crippen molar-refractivity contribution in [2.24, 2.45) is 5.92 Å². The van der Waals surface area contributed by atoms with Gasteiger partial charge in [-0.3, -0.25) is 4.55 Å². The van der Waals surface area contributed by atoms with Gasteiger partial charge in [0.25, 0.3) is 10.1 Å². The SMILES string of the molecule is CC(C)CCCCCCCS(=O)(=O)O.[H-].[Li+]. The van der Waals surface area contributed by atoms with E-state index in [2.05, 4.69) is 13.8 Å². The predicted octanol–water partition coefficient (Wildman–Crippen LogP) is -0.0127. The molecule has 0 fully saturated rings. The maximum absolute atomic E-state index is 10.4. The first-order valence-electron chi connectivity index (χ1n) is 5.37. The summed E-state index contributed by atoms with van der Waals surface area (Å²) in [7, 11) is -3.73. The monoisotopic (exact) mass is 230 g/mol. The van der Waals surface area contributed by atoms with Crippen LogP contribution >= 0.6 is 0 Å². The van der Waals surface area contributed by atoms with Gasteiger partial charge in [0.15, 0.2) is 0 Å². The summed E-state index contributed by atoms with van der Waals surface area (Å²) in [6.07, 6.45) is 6.20. The van der Waals surface area contributed by atoms with E-state index in [1.807, 2.05) is 0 Å². The van der Waals surface area contributed by atoms with E-state index in [1.165, 1.54) is 19.3 Å². The van der Waals surface area contributed by atoms with Crippen LogP contribution < -0.4 is 18.9 Å². The molecule has 0 bridgehead atoms. The van der Waals surface area contributed by atoms with E-state index in [1.54, 1.807) is 0 Å². The first kappa shape index (κ1) is 17.9. The third kappa shape index (κ3) is 17.1. The molecule has 0 amide bonds. The molecule has 0 atom stereocenters. The van der Waals surface area contributed by atoms with E-state index in [9.17, 15) is 8.42 Å². The van der Waals surface area contributed by atoms with Crippen LogP contribution in [0.15, 0.2) is 0 Å². The van der Waals surface area contributed by atoms with Crippen LogP contribution in [0.5, 0.6) is 0 Å². The first-order valence-corrected chi connectivity index (χ1v) is 6.98. The van der Waals surface area contributed by atoms with Crippen LogP contribution in [0.4, 0.5) is 0 Å². The van der Waals surface area contributed by atoms with Gasteiger partial charge in [-0.05, 0) is 12.3 Å². The van der Waals surface area contributed by atoms with Crippen molar-refractivity contribution in [3.63, 3.8) is 0 Å². The molecule has 0 aliphatic carbocycles. The molecule has 0 spiro atoms. The topological polar surface area (TPSA) is 54.4 Å². The van der Waals surface area contributed by atoms with Gasteiger partial charge in [-0.2, -0.15) is 8.42 Å². The molecule has 88 valence electrons. The maximum Gasteiger partial charge on any atom is 1.00 e. The molecule has 5 heteroatoms. The Hall–Kier alpha value is 0.507. The normalized spacial score (nSPS) is 11.5. The maximum atomic E-state index is 10.4. The first-order chi connectivity index (χ1) is 6.42. The molecule has 0 aromatic carbocycles. The number of hydrogen-bond acceptors (Lipinski definition) is 2. The Labute approximate surface area is 107 Å². The molecular formula is C10H23LiO3S. The van der Waals surface area contributed by atoms with Gasteiger partial charge in [0.1, 0.15) is 0 Å². The Morgan fingerprint density at radius 2 is 1.53 bits per heavy atom. The molecule has 0 aliphatic rings. The molecule has 0 saturated heterocycles. The van der Waals surface area contributed by atoms with Crippen molar-refractivity contribution in [3.05, 3.63) is 0 Å². The number of hydrogen-bond donors (Lipinski definition) is 1. The van der Waals surface area contributed by atoms with Crippen LogP contribution in [-0.4, -0.2) is 18.7 Å². The molecule has 0 rings (SSSR count). The molecule has 15 heavy (non-hydrogen) atoms. The molecule has 1 N–H and O–H groups in total. The predicted molar refractivity (Wildman–Crippen MR) is 60.1 cm³/mol. The molecule has 0 aliphatic heterocycles. The Morgan fingerprint density at radius 1 is 1.07 bits per heavy atom. The van der Waals surface area contributed by atoms with Gasteiger partial charge < -0.3 is 1.43 Å². The smallest absolute Gasteiger partial charge is 1.00 e. The molecular weight excluding hydrogens is 207 g/mol. The van der Waals surface area contributed by atoms with Gasteiger partial charge in [0.2, 0.25) is 0 Å². The minimum Gasteiger partial charge on any atom is -1.00 e. The van der Waals surface area contributed by atoms with Crippen LogP contribution in [0, 0.1) is 5.92 Å². The van der Waals surface area contributed by atoms with E-state index in [-0.39, 0.29) is 26.0 Å². The fourth-order valence-electron chi connectivity index (χ4n) is 1.37. The van der Waals surface area contributed by atoms with Crippen molar-refractivity contribution < 1.29 is 33.3 Å². The standard InChI is InChI=1S/C10H22O3S.Li.H/c1-10(2)8-6-4-3-5-7-9-14(11,12)13;;/h10H,3-9H2,1-2H3,(H,11,12,13);;/q;+1;-1. The molecule has 0 aromatic heterocycles. The van der Waals surface area contributed by atoms with Gasteiger partial charge in [0, 0.05) is 0 Å². The van der Waals surface area contributed by atoms with Crippen LogP contribution in [0.25, 0.3) is 0 Å². The van der Waals surface area contributed by atoms with E-state index >= 15 is 0 Å². The Bertz CT molecular complexity index is 230. The summed E-state index contributed by atoms with van der Waals surface area (Å²) in [5.41, 5.74) is 0. The fourth-order valence-corrected chi connectivity index (χ4v) is 1.94. The van der Waals surface area contributed by atoms with Gasteiger partial charge >= 0.3 is 18.9 Å². The molecule has 0 heterocycles. The minimum atomic E-state index is -3.73. The van der Waals surface area contributed by atoms with Crippen molar-refractivity contribution in [2.45, 2.75) is 52.4 Å². The summed E-state index contributed by atoms with van der Waals surface area (Å²) in [5, 5.41) is 0. The van der Waals surface area contributed by atoms with E-state index in [0.29, 0.717) is 6.42 Å². The zero-order valence-corrected chi connectivity index (χ0v) is 11.0. The second kappa shape index (κ2) is 9.71. The van der Waals surface area contributed by atoms with Crippen molar-refractivity contribution in [3.8, 4) is 0 Å². The second-order valence-corrected chi connectivity index (χ2v) is 5.81. The summed E-state index contributed by atoms with van der Waals surface area (Å²) >= 11 is 0. The molecule has 3 nitrogen and oxygen atoms in total. The third-order valence-electron chi connectivity index (χ3n) is 2.18. The Kier molecular flexibility index (Phi) is 11.6. The quantitative estimate of drug-likeness (QED) is 0.362. The third-order valence-corrected chi connectivity index (χ3v) is 2.99. The van der Waals surface area contributed by atoms with Gasteiger partial charge in [-0.25, -0.2) is 0 Å². The van der Waals surface area contributed by atoms with Crippen LogP contribution in [-0.2, 0) is 10.1 Å². The minimum absolute atomic E-state index is 0. The summed E-state index contributed by atoms with van der Waals surface area (Å²) in [4.78, 5) is 0. The summed E-state index contributed by atoms with van der Waals surface area (Å²) in [6.45, 7) is 4.41. The van der Waals surface area contributed by atoms with Gasteiger partial charge in [-0.1, -0.05) is 46.0 Å². The summed E-state index contributed by atoms with van der Waals surface area (Å²) in [5.74, 6) is 0.671. The van der Waals surface area contributed by atoms with E-state index < -0.39 is 10.1 Å². The Balaban J connectivity index is -0.000000845. The average Bonchev–Trinajstić information content (AvgIpc) is 2.00. The van der Waals surface area contributed by atoms with Crippen molar-refractivity contribution in [2.75, 3.05) is 5.75 Å². The molecule has 0 saturated carbocycles. The van der Waals surface area contributed by atoms with Crippen LogP contribution in [0.3, 0.4) is 0 Å². The molecule has 0 aromatic rings. The van der Waals surface area contributed by atoms with Crippen molar-refractivity contribution >= 4 is 10.1 Å². The zero-order chi connectivity index (χ0) is 11.0. The molecule has 0 radical (unpaired) electrons. The average molecular weight is 230 g/mol. The van der Waals surface area contributed by atoms with Gasteiger partial charge in [-0.15, -0.1) is 0 Å². The van der Waals surface area contributed by atoms with Crippen molar-refractivity contribution in [1.29, 1.82) is 0 Å². The van der Waals surface area contributed by atoms with Crippen molar-refractivity contribution in [1.82, 2.24) is 0 Å². The summed E-state index contributed by atoms with van der Waals surface area (Å²) in [6, 6.07) is 0. The zero-order valence-electron chi connectivity index (χ0n) is 11.2. The fraction of sp³-hybridized carbons (Fsp3) is 1.00. The summed E-state index contributed by atoms with van der Waals surface area (Å²) < 4.78 is 29.2. The Morgan fingerprint density at radius 3 is 2.00 bits per heavy atom. The number of unbranched alkanes of at least 4 members (excludes halogenated alkanes) is 4. The molecule has 0 unspecified atom stereocenters. The number of rotatable bonds is 8.